The molecule has 0 aliphatic carbocycles. The Kier molecular flexibility index (Phi) is 2.88. The van der Waals surface area contributed by atoms with Gasteiger partial charge in [-0.05, 0) is 23.8 Å². The van der Waals surface area contributed by atoms with Crippen LogP contribution in [-0.4, -0.2) is 4.57 Å². The first kappa shape index (κ1) is 10.3. The molecule has 1 aromatic heterocycles. The Labute approximate surface area is 95.1 Å². The lowest BCUT2D eigenvalue weighted by Crippen LogP contribution is -1.89. The molecule has 0 aliphatic heterocycles. The molecule has 2 nitrogen and oxygen atoms in total. The number of aryl methyl sites for hydroxylation is 1. The molecular formula is C14H12N2. The predicted octanol–water partition coefficient (Wildman–Crippen LogP) is 3.09. The molecule has 1 heterocycles. The summed E-state index contributed by atoms with van der Waals surface area (Å²) in [5.41, 5.74) is 2.66. The summed E-state index contributed by atoms with van der Waals surface area (Å²) in [6.07, 6.45) is 3.86. The minimum Gasteiger partial charge on any atom is -0.351 e. The molecule has 0 bridgehead atoms. The summed E-state index contributed by atoms with van der Waals surface area (Å²) in [4.78, 5) is 0. The number of benzene rings is 1. The van der Waals surface area contributed by atoms with Crippen molar-refractivity contribution in [1.29, 1.82) is 5.26 Å². The number of allylic oxidation sites excluding steroid dienone is 1. The Bertz CT molecular complexity index is 542. The summed E-state index contributed by atoms with van der Waals surface area (Å²) in [6.45, 7) is 0. The molecule has 2 heteroatoms. The van der Waals surface area contributed by atoms with Crippen molar-refractivity contribution in [2.24, 2.45) is 7.05 Å². The summed E-state index contributed by atoms with van der Waals surface area (Å²) < 4.78 is 1.99. The molecule has 0 amide bonds. The molecule has 0 aliphatic rings. The van der Waals surface area contributed by atoms with E-state index in [1.54, 1.807) is 0 Å². The van der Waals surface area contributed by atoms with Crippen LogP contribution >= 0.6 is 0 Å². The molecule has 0 fully saturated rings. The van der Waals surface area contributed by atoms with Crippen LogP contribution in [0, 0.1) is 11.3 Å². The van der Waals surface area contributed by atoms with Crippen molar-refractivity contribution in [3.05, 3.63) is 59.9 Å². The predicted molar refractivity (Wildman–Crippen MR) is 65.3 cm³/mol. The largest absolute Gasteiger partial charge is 0.351 e. The van der Waals surface area contributed by atoms with Crippen LogP contribution in [0.25, 0.3) is 11.6 Å². The fourth-order valence-corrected chi connectivity index (χ4v) is 1.57. The number of aromatic nitrogens is 1. The van der Waals surface area contributed by atoms with Gasteiger partial charge in [-0.2, -0.15) is 5.26 Å². The van der Waals surface area contributed by atoms with E-state index in [1.807, 2.05) is 66.4 Å². The highest BCUT2D eigenvalue weighted by atomic mass is 14.9. The Balaban J connectivity index is 2.43. The zero-order chi connectivity index (χ0) is 11.4. The number of nitrogens with zero attached hydrogens (tertiary/aromatic N) is 2. The van der Waals surface area contributed by atoms with E-state index in [-0.39, 0.29) is 0 Å². The highest BCUT2D eigenvalue weighted by Gasteiger charge is 2.01. The lowest BCUT2D eigenvalue weighted by molar-refractivity contribution is 0.915. The van der Waals surface area contributed by atoms with Gasteiger partial charge in [0, 0.05) is 18.9 Å². The number of hydrogen-bond donors (Lipinski definition) is 0. The standard InChI is InChI=1S/C14H12N2/c1-16-9-5-8-14(16)10-13(11-15)12-6-3-2-4-7-12/h2-10H,1H3/b13-10+. The van der Waals surface area contributed by atoms with E-state index in [1.165, 1.54) is 0 Å². The molecule has 0 atom stereocenters. The fraction of sp³-hybridized carbons (Fsp3) is 0.0714. The molecule has 0 saturated heterocycles. The second kappa shape index (κ2) is 4.50. The van der Waals surface area contributed by atoms with Crippen molar-refractivity contribution in [3.8, 4) is 6.07 Å². The maximum Gasteiger partial charge on any atom is 0.0998 e. The van der Waals surface area contributed by atoms with Crippen LogP contribution in [0.3, 0.4) is 0 Å². The molecule has 0 saturated carbocycles. The lowest BCUT2D eigenvalue weighted by atomic mass is 10.1. The molecule has 0 spiro atoms. The molecule has 0 N–H and O–H groups in total. The van der Waals surface area contributed by atoms with Crippen LogP contribution < -0.4 is 0 Å². The molecule has 16 heavy (non-hydrogen) atoms. The van der Waals surface area contributed by atoms with Crippen LogP contribution in [0.1, 0.15) is 11.3 Å². The average Bonchev–Trinajstić information content (AvgIpc) is 2.73. The lowest BCUT2D eigenvalue weighted by Gasteiger charge is -2.00. The Morgan fingerprint density at radius 1 is 1.19 bits per heavy atom. The number of nitriles is 1. The summed E-state index contributed by atoms with van der Waals surface area (Å²) in [5.74, 6) is 0. The Morgan fingerprint density at radius 2 is 1.94 bits per heavy atom. The highest BCUT2D eigenvalue weighted by molar-refractivity contribution is 5.88. The van der Waals surface area contributed by atoms with Crippen LogP contribution in [-0.2, 0) is 7.05 Å². The Hall–Kier alpha value is -2.27. The van der Waals surface area contributed by atoms with E-state index in [0.717, 1.165) is 11.3 Å². The van der Waals surface area contributed by atoms with Crippen molar-refractivity contribution in [3.63, 3.8) is 0 Å². The third kappa shape index (κ3) is 2.04. The first-order valence-electron chi connectivity index (χ1n) is 5.10. The highest BCUT2D eigenvalue weighted by Crippen LogP contribution is 2.17. The van der Waals surface area contributed by atoms with Gasteiger partial charge in [0.25, 0.3) is 0 Å². The van der Waals surface area contributed by atoms with Gasteiger partial charge in [0.05, 0.1) is 11.6 Å². The van der Waals surface area contributed by atoms with Crippen LogP contribution in [0.4, 0.5) is 0 Å². The monoisotopic (exact) mass is 208 g/mol. The smallest absolute Gasteiger partial charge is 0.0998 e. The zero-order valence-electron chi connectivity index (χ0n) is 9.09. The van der Waals surface area contributed by atoms with Crippen LogP contribution in [0.5, 0.6) is 0 Å². The van der Waals surface area contributed by atoms with Gasteiger partial charge in [0.2, 0.25) is 0 Å². The summed E-state index contributed by atoms with van der Waals surface area (Å²) in [5, 5.41) is 9.14. The molecular weight excluding hydrogens is 196 g/mol. The molecule has 2 aromatic rings. The topological polar surface area (TPSA) is 28.7 Å². The maximum atomic E-state index is 9.14. The number of rotatable bonds is 2. The van der Waals surface area contributed by atoms with Crippen molar-refractivity contribution < 1.29 is 0 Å². The van der Waals surface area contributed by atoms with Crippen LogP contribution in [0.15, 0.2) is 48.7 Å². The zero-order valence-corrected chi connectivity index (χ0v) is 9.09. The molecule has 0 radical (unpaired) electrons. The van der Waals surface area contributed by atoms with Gasteiger partial charge in [-0.3, -0.25) is 0 Å². The fourth-order valence-electron chi connectivity index (χ4n) is 1.57. The molecule has 0 unspecified atom stereocenters. The van der Waals surface area contributed by atoms with Crippen molar-refractivity contribution in [1.82, 2.24) is 4.57 Å². The maximum absolute atomic E-state index is 9.14. The van der Waals surface area contributed by atoms with E-state index in [2.05, 4.69) is 6.07 Å². The normalized spacial score (nSPS) is 11.1. The Morgan fingerprint density at radius 3 is 2.50 bits per heavy atom. The van der Waals surface area contributed by atoms with Gasteiger partial charge in [0.15, 0.2) is 0 Å². The minimum absolute atomic E-state index is 0.683. The van der Waals surface area contributed by atoms with E-state index < -0.39 is 0 Å². The quantitative estimate of drug-likeness (QED) is 0.697. The van der Waals surface area contributed by atoms with Gasteiger partial charge in [-0.25, -0.2) is 0 Å². The van der Waals surface area contributed by atoms with E-state index in [4.69, 9.17) is 5.26 Å². The van der Waals surface area contributed by atoms with Gasteiger partial charge in [0.1, 0.15) is 0 Å². The van der Waals surface area contributed by atoms with Crippen molar-refractivity contribution in [2.45, 2.75) is 0 Å². The third-order valence-corrected chi connectivity index (χ3v) is 2.48. The van der Waals surface area contributed by atoms with Crippen molar-refractivity contribution in [2.75, 3.05) is 0 Å². The van der Waals surface area contributed by atoms with Gasteiger partial charge in [-0.1, -0.05) is 30.3 Å². The average molecular weight is 208 g/mol. The van der Waals surface area contributed by atoms with Crippen LogP contribution in [0.2, 0.25) is 0 Å². The molecule has 78 valence electrons. The minimum atomic E-state index is 0.683. The van der Waals surface area contributed by atoms with Gasteiger partial charge >= 0.3 is 0 Å². The molecule has 2 rings (SSSR count). The summed E-state index contributed by atoms with van der Waals surface area (Å²) >= 11 is 0. The molecule has 1 aromatic carbocycles. The first-order valence-corrected chi connectivity index (χ1v) is 5.10. The van der Waals surface area contributed by atoms with E-state index >= 15 is 0 Å². The third-order valence-electron chi connectivity index (χ3n) is 2.48. The van der Waals surface area contributed by atoms with E-state index in [9.17, 15) is 0 Å². The first-order chi connectivity index (χ1) is 7.81. The van der Waals surface area contributed by atoms with Gasteiger partial charge < -0.3 is 4.57 Å². The SMILES string of the molecule is Cn1cccc1/C=C(\C#N)c1ccccc1. The van der Waals surface area contributed by atoms with E-state index in [0.29, 0.717) is 5.57 Å². The number of hydrogen-bond acceptors (Lipinski definition) is 1. The summed E-state index contributed by atoms with van der Waals surface area (Å²) in [6, 6.07) is 15.9. The second-order valence-electron chi connectivity index (χ2n) is 3.58. The second-order valence-corrected chi connectivity index (χ2v) is 3.58. The summed E-state index contributed by atoms with van der Waals surface area (Å²) in [7, 11) is 1.96. The van der Waals surface area contributed by atoms with Gasteiger partial charge in [-0.15, -0.1) is 0 Å². The van der Waals surface area contributed by atoms with Crippen molar-refractivity contribution >= 4 is 11.6 Å².